The van der Waals surface area contributed by atoms with Crippen LogP contribution in [0.1, 0.15) is 13.3 Å². The molecule has 0 aliphatic rings. The third-order valence-electron chi connectivity index (χ3n) is 2.78. The topological polar surface area (TPSA) is 104 Å². The van der Waals surface area contributed by atoms with Gasteiger partial charge in [-0.1, -0.05) is 6.07 Å². The van der Waals surface area contributed by atoms with Gasteiger partial charge in [0.2, 0.25) is 0 Å². The molecule has 0 radical (unpaired) electrons. The van der Waals surface area contributed by atoms with Crippen molar-refractivity contribution in [3.8, 4) is 6.07 Å². The van der Waals surface area contributed by atoms with Gasteiger partial charge in [0, 0.05) is 19.3 Å². The van der Waals surface area contributed by atoms with Gasteiger partial charge in [-0.25, -0.2) is 8.42 Å². The number of benzene rings is 1. The summed E-state index contributed by atoms with van der Waals surface area (Å²) in [7, 11) is -3.70. The Morgan fingerprint density at radius 1 is 1.45 bits per heavy atom. The van der Waals surface area contributed by atoms with Gasteiger partial charge in [0.15, 0.2) is 9.84 Å². The third kappa shape index (κ3) is 3.45. The number of nitriles is 1. The largest absolute Gasteiger partial charge is 0.365 e. The zero-order valence-electron chi connectivity index (χ0n) is 11.2. The molecule has 1 aromatic carbocycles. The molecule has 0 bridgehead atoms. The molecule has 7 nitrogen and oxygen atoms in total. The number of anilines is 1. The van der Waals surface area contributed by atoms with Crippen LogP contribution >= 0.6 is 0 Å². The zero-order valence-corrected chi connectivity index (χ0v) is 12.1. The normalized spacial score (nSPS) is 10.8. The second-order valence-electron chi connectivity index (χ2n) is 4.14. The van der Waals surface area contributed by atoms with Gasteiger partial charge < -0.3 is 4.90 Å². The van der Waals surface area contributed by atoms with Crippen molar-refractivity contribution in [1.82, 2.24) is 0 Å². The van der Waals surface area contributed by atoms with Crippen molar-refractivity contribution < 1.29 is 13.3 Å². The monoisotopic (exact) mass is 297 g/mol. The minimum absolute atomic E-state index is 0.202. The van der Waals surface area contributed by atoms with Gasteiger partial charge in [-0.05, 0) is 19.1 Å². The van der Waals surface area contributed by atoms with Gasteiger partial charge in [-0.3, -0.25) is 10.1 Å². The maximum Gasteiger partial charge on any atom is 0.311 e. The van der Waals surface area contributed by atoms with E-state index in [2.05, 4.69) is 0 Å². The molecule has 0 aliphatic carbocycles. The van der Waals surface area contributed by atoms with Crippen LogP contribution in [0.15, 0.2) is 23.1 Å². The van der Waals surface area contributed by atoms with Gasteiger partial charge in [0.05, 0.1) is 17.4 Å². The highest BCUT2D eigenvalue weighted by atomic mass is 32.2. The Morgan fingerprint density at radius 2 is 2.10 bits per heavy atom. The smallest absolute Gasteiger partial charge is 0.311 e. The van der Waals surface area contributed by atoms with E-state index in [-0.39, 0.29) is 17.0 Å². The summed E-state index contributed by atoms with van der Waals surface area (Å²) in [5.41, 5.74) is -0.217. The number of nitro groups is 1. The highest BCUT2D eigenvalue weighted by Gasteiger charge is 2.28. The van der Waals surface area contributed by atoms with Crippen LogP contribution in [0.2, 0.25) is 0 Å². The number of hydrogen-bond acceptors (Lipinski definition) is 6. The van der Waals surface area contributed by atoms with Crippen molar-refractivity contribution in [2.24, 2.45) is 0 Å². The highest BCUT2D eigenvalue weighted by molar-refractivity contribution is 7.90. The second-order valence-corrected chi connectivity index (χ2v) is 6.13. The molecule has 0 N–H and O–H groups in total. The summed E-state index contributed by atoms with van der Waals surface area (Å²) in [5, 5.41) is 19.8. The van der Waals surface area contributed by atoms with Crippen molar-refractivity contribution in [3.63, 3.8) is 0 Å². The first kappa shape index (κ1) is 15.9. The standard InChI is InChI=1S/C12H15N3O4S/c1-3-14(9-5-8-13)10-6-4-7-11(20(2,18)19)12(10)15(16)17/h4,6-7H,3,5,9H2,1-2H3. The first-order valence-electron chi connectivity index (χ1n) is 5.92. The summed E-state index contributed by atoms with van der Waals surface area (Å²) in [6.45, 7) is 2.53. The summed E-state index contributed by atoms with van der Waals surface area (Å²) in [4.78, 5) is 11.9. The third-order valence-corrected chi connectivity index (χ3v) is 3.90. The molecule has 0 fully saturated rings. The summed E-state index contributed by atoms with van der Waals surface area (Å²) >= 11 is 0. The average molecular weight is 297 g/mol. The maximum atomic E-state index is 11.7. The Bertz CT molecular complexity index is 649. The molecule has 1 rings (SSSR count). The summed E-state index contributed by atoms with van der Waals surface area (Å²) in [5.74, 6) is 0. The highest BCUT2D eigenvalue weighted by Crippen LogP contribution is 2.34. The van der Waals surface area contributed by atoms with Crippen LogP contribution in [0.25, 0.3) is 0 Å². The van der Waals surface area contributed by atoms with E-state index in [0.717, 1.165) is 6.26 Å². The first-order valence-corrected chi connectivity index (χ1v) is 7.81. The summed E-state index contributed by atoms with van der Waals surface area (Å²) in [6.07, 6.45) is 1.14. The number of hydrogen-bond donors (Lipinski definition) is 0. The van der Waals surface area contributed by atoms with E-state index in [0.29, 0.717) is 13.1 Å². The van der Waals surface area contributed by atoms with E-state index in [9.17, 15) is 18.5 Å². The van der Waals surface area contributed by atoms with Gasteiger partial charge in [0.1, 0.15) is 10.6 Å². The first-order chi connectivity index (χ1) is 9.32. The molecule has 0 saturated carbocycles. The van der Waals surface area contributed by atoms with Crippen LogP contribution in [0, 0.1) is 21.4 Å². The zero-order chi connectivity index (χ0) is 15.3. The van der Waals surface area contributed by atoms with Crippen LogP contribution < -0.4 is 4.90 Å². The van der Waals surface area contributed by atoms with Gasteiger partial charge in [-0.2, -0.15) is 5.26 Å². The van der Waals surface area contributed by atoms with Crippen LogP contribution in [-0.2, 0) is 9.84 Å². The molecule has 0 aliphatic heterocycles. The van der Waals surface area contributed by atoms with Crippen LogP contribution in [0.3, 0.4) is 0 Å². The average Bonchev–Trinajstić information content (AvgIpc) is 2.38. The number of nitrogens with zero attached hydrogens (tertiary/aromatic N) is 3. The Morgan fingerprint density at radius 3 is 2.55 bits per heavy atom. The van der Waals surface area contributed by atoms with E-state index in [1.165, 1.54) is 18.2 Å². The molecule has 0 aromatic heterocycles. The number of nitro benzene ring substituents is 1. The van der Waals surface area contributed by atoms with Crippen molar-refractivity contribution >= 4 is 21.2 Å². The minimum Gasteiger partial charge on any atom is -0.365 e. The molecule has 108 valence electrons. The van der Waals surface area contributed by atoms with Gasteiger partial charge >= 0.3 is 5.69 Å². The SMILES string of the molecule is CCN(CCC#N)c1cccc(S(C)(=O)=O)c1[N+](=O)[O-]. The molecule has 0 amide bonds. The molecule has 20 heavy (non-hydrogen) atoms. The van der Waals surface area contributed by atoms with E-state index in [1.807, 2.05) is 6.07 Å². The molecule has 0 unspecified atom stereocenters. The van der Waals surface area contributed by atoms with Crippen molar-refractivity contribution in [2.45, 2.75) is 18.2 Å². The lowest BCUT2D eigenvalue weighted by atomic mass is 10.2. The Labute approximate surface area is 117 Å². The van der Waals surface area contributed by atoms with E-state index in [4.69, 9.17) is 5.26 Å². The fourth-order valence-corrected chi connectivity index (χ4v) is 2.74. The molecule has 0 atom stereocenters. The van der Waals surface area contributed by atoms with Crippen LogP contribution in [-0.4, -0.2) is 32.7 Å². The summed E-state index contributed by atoms with van der Waals surface area (Å²) < 4.78 is 23.3. The fourth-order valence-electron chi connectivity index (χ4n) is 1.88. The molecular formula is C12H15N3O4S. The lowest BCUT2D eigenvalue weighted by molar-refractivity contribution is -0.387. The van der Waals surface area contributed by atoms with Gasteiger partial charge in [0.25, 0.3) is 0 Å². The maximum absolute atomic E-state index is 11.7. The predicted octanol–water partition coefficient (Wildman–Crippen LogP) is 1.74. The predicted molar refractivity (Wildman–Crippen MR) is 74.3 cm³/mol. The molecule has 0 spiro atoms. The van der Waals surface area contributed by atoms with Crippen molar-refractivity contribution in [1.29, 1.82) is 5.26 Å². The lowest BCUT2D eigenvalue weighted by Crippen LogP contribution is -2.25. The lowest BCUT2D eigenvalue weighted by Gasteiger charge is -2.22. The Hall–Kier alpha value is -2.14. The van der Waals surface area contributed by atoms with Gasteiger partial charge in [-0.15, -0.1) is 0 Å². The van der Waals surface area contributed by atoms with E-state index in [1.54, 1.807) is 11.8 Å². The van der Waals surface area contributed by atoms with Crippen LogP contribution in [0.4, 0.5) is 11.4 Å². The number of rotatable bonds is 6. The number of para-hydroxylation sites is 1. The number of sulfone groups is 1. The Kier molecular flexibility index (Phi) is 5.05. The summed E-state index contributed by atoms with van der Waals surface area (Å²) in [6, 6.07) is 6.14. The minimum atomic E-state index is -3.70. The van der Waals surface area contributed by atoms with E-state index >= 15 is 0 Å². The Balaban J connectivity index is 3.47. The quantitative estimate of drug-likeness (QED) is 0.585. The van der Waals surface area contributed by atoms with Crippen LogP contribution in [0.5, 0.6) is 0 Å². The van der Waals surface area contributed by atoms with Crippen molar-refractivity contribution in [3.05, 3.63) is 28.3 Å². The molecule has 0 heterocycles. The molecule has 1 aromatic rings. The second kappa shape index (κ2) is 6.34. The van der Waals surface area contributed by atoms with Crippen molar-refractivity contribution in [2.75, 3.05) is 24.2 Å². The molecule has 0 saturated heterocycles. The molecule has 8 heteroatoms. The fraction of sp³-hybridized carbons (Fsp3) is 0.417. The molecular weight excluding hydrogens is 282 g/mol. The van der Waals surface area contributed by atoms with E-state index < -0.39 is 20.4 Å².